The van der Waals surface area contributed by atoms with Gasteiger partial charge in [0.2, 0.25) is 0 Å². The van der Waals surface area contributed by atoms with Crippen LogP contribution in [-0.2, 0) is 6.54 Å². The molecule has 1 aliphatic heterocycles. The average molecular weight is 452 g/mol. The average Bonchev–Trinajstić information content (AvgIpc) is 3.04. The molecule has 1 aromatic carbocycles. The van der Waals surface area contributed by atoms with E-state index in [4.69, 9.17) is 21.2 Å². The lowest BCUT2D eigenvalue weighted by atomic mass is 10.1. The molecule has 1 saturated heterocycles. The summed E-state index contributed by atoms with van der Waals surface area (Å²) in [4.78, 5) is 23.1. The maximum atomic E-state index is 14.4. The zero-order chi connectivity index (χ0) is 22.9. The summed E-state index contributed by atoms with van der Waals surface area (Å²) < 4.78 is 20.3. The van der Waals surface area contributed by atoms with Gasteiger partial charge in [-0.05, 0) is 31.4 Å². The van der Waals surface area contributed by atoms with Crippen molar-refractivity contribution >= 4 is 33.4 Å². The summed E-state index contributed by atoms with van der Waals surface area (Å²) in [7, 11) is 1.75. The number of halogens is 1. The number of benzene rings is 1. The van der Waals surface area contributed by atoms with Crippen molar-refractivity contribution in [2.45, 2.75) is 31.8 Å². The van der Waals surface area contributed by atoms with Crippen molar-refractivity contribution in [1.82, 2.24) is 24.9 Å². The molecule has 33 heavy (non-hydrogen) atoms. The molecule has 3 aromatic heterocycles. The van der Waals surface area contributed by atoms with Gasteiger partial charge in [-0.1, -0.05) is 0 Å². The third-order valence-corrected chi connectivity index (χ3v) is 5.90. The minimum atomic E-state index is -0.339. The molecule has 1 aliphatic rings. The second kappa shape index (κ2) is 8.75. The first-order valence-corrected chi connectivity index (χ1v) is 11.0. The van der Waals surface area contributed by atoms with Gasteiger partial charge in [-0.2, -0.15) is 9.97 Å². The maximum absolute atomic E-state index is 14.4. The molecule has 4 aromatic rings. The van der Waals surface area contributed by atoms with Gasteiger partial charge in [0, 0.05) is 31.6 Å². The number of nitrogens with one attached hydrogen (secondary N) is 2. The van der Waals surface area contributed by atoms with Crippen molar-refractivity contribution in [3.8, 4) is 11.8 Å². The SMILES string of the molecule is CNc1cc(F)cc2c1[nH]c1nc(Oc3cnc(CN)nc3)nc(N3CCCC(N)CC3)c12. The Morgan fingerprint density at radius 3 is 2.79 bits per heavy atom. The standard InChI is InChI=1S/C22H26FN9O/c1-26-16-8-12(23)7-15-18-20(29-19(15)16)30-22(33-14-10-27-17(9-24)28-11-14)31-21(18)32-5-2-3-13(25)4-6-32/h7-8,10-11,13,26H,2-6,9,24-25H2,1H3,(H,29,30,31). The van der Waals surface area contributed by atoms with E-state index in [0.717, 1.165) is 43.3 Å². The molecule has 5 rings (SSSR count). The van der Waals surface area contributed by atoms with Gasteiger partial charge in [-0.25, -0.2) is 14.4 Å². The predicted octanol–water partition coefficient (Wildman–Crippen LogP) is 2.65. The van der Waals surface area contributed by atoms with E-state index in [9.17, 15) is 4.39 Å². The zero-order valence-electron chi connectivity index (χ0n) is 18.3. The van der Waals surface area contributed by atoms with Crippen LogP contribution in [0.5, 0.6) is 11.8 Å². The fraction of sp³-hybridized carbons (Fsp3) is 0.364. The van der Waals surface area contributed by atoms with E-state index in [2.05, 4.69) is 30.2 Å². The number of nitrogens with two attached hydrogens (primary N) is 2. The van der Waals surface area contributed by atoms with E-state index in [1.807, 2.05) is 0 Å². The number of ether oxygens (including phenoxy) is 1. The molecular formula is C22H26FN9O. The third kappa shape index (κ3) is 4.12. The Morgan fingerprint density at radius 2 is 2.03 bits per heavy atom. The van der Waals surface area contributed by atoms with Gasteiger partial charge in [0.05, 0.1) is 35.5 Å². The number of H-pyrrole nitrogens is 1. The van der Waals surface area contributed by atoms with Crippen LogP contribution in [0.4, 0.5) is 15.9 Å². The molecule has 0 saturated carbocycles. The Labute approximate surface area is 189 Å². The summed E-state index contributed by atoms with van der Waals surface area (Å²) in [6, 6.07) is 3.25. The number of fused-ring (bicyclic) bond motifs is 3. The highest BCUT2D eigenvalue weighted by Crippen LogP contribution is 2.37. The molecule has 172 valence electrons. The smallest absolute Gasteiger partial charge is 0.326 e. The fourth-order valence-electron chi connectivity index (χ4n) is 4.24. The van der Waals surface area contributed by atoms with Crippen LogP contribution in [0.1, 0.15) is 25.1 Å². The van der Waals surface area contributed by atoms with Crippen LogP contribution in [-0.4, -0.2) is 51.1 Å². The highest BCUT2D eigenvalue weighted by atomic mass is 19.1. The molecule has 6 N–H and O–H groups in total. The zero-order valence-corrected chi connectivity index (χ0v) is 18.3. The molecule has 1 unspecified atom stereocenters. The van der Waals surface area contributed by atoms with Crippen molar-refractivity contribution in [3.63, 3.8) is 0 Å². The van der Waals surface area contributed by atoms with Crippen LogP contribution in [0.25, 0.3) is 21.9 Å². The molecule has 1 fully saturated rings. The summed E-state index contributed by atoms with van der Waals surface area (Å²) in [5.74, 6) is 1.25. The van der Waals surface area contributed by atoms with Crippen molar-refractivity contribution < 1.29 is 9.13 Å². The topological polar surface area (TPSA) is 144 Å². The Balaban J connectivity index is 1.66. The minimum Gasteiger partial charge on any atom is -0.421 e. The number of anilines is 2. The van der Waals surface area contributed by atoms with Gasteiger partial charge in [0.15, 0.2) is 5.75 Å². The van der Waals surface area contributed by atoms with Crippen LogP contribution in [0.3, 0.4) is 0 Å². The van der Waals surface area contributed by atoms with E-state index in [1.165, 1.54) is 24.5 Å². The summed E-state index contributed by atoms with van der Waals surface area (Å²) in [6.45, 7) is 1.76. The Hall–Kier alpha value is -3.57. The van der Waals surface area contributed by atoms with Gasteiger partial charge < -0.3 is 31.4 Å². The molecule has 1 atom stereocenters. The maximum Gasteiger partial charge on any atom is 0.326 e. The first-order valence-electron chi connectivity index (χ1n) is 11.0. The lowest BCUT2D eigenvalue weighted by Gasteiger charge is -2.22. The van der Waals surface area contributed by atoms with Crippen LogP contribution in [0.2, 0.25) is 0 Å². The number of aromatic nitrogens is 5. The van der Waals surface area contributed by atoms with Crippen LogP contribution in [0.15, 0.2) is 24.5 Å². The molecule has 0 amide bonds. The Bertz CT molecular complexity index is 1290. The van der Waals surface area contributed by atoms with Gasteiger partial charge in [0.1, 0.15) is 23.1 Å². The van der Waals surface area contributed by atoms with Gasteiger partial charge in [-0.15, -0.1) is 0 Å². The molecule has 11 heteroatoms. The second-order valence-corrected chi connectivity index (χ2v) is 8.12. The van der Waals surface area contributed by atoms with Crippen molar-refractivity contribution in [1.29, 1.82) is 0 Å². The highest BCUT2D eigenvalue weighted by molar-refractivity contribution is 6.14. The van der Waals surface area contributed by atoms with Crippen LogP contribution < -0.4 is 26.4 Å². The summed E-state index contributed by atoms with van der Waals surface area (Å²) >= 11 is 0. The van der Waals surface area contributed by atoms with E-state index in [0.29, 0.717) is 34.1 Å². The monoisotopic (exact) mass is 451 g/mol. The molecule has 0 aliphatic carbocycles. The molecule has 10 nitrogen and oxygen atoms in total. The lowest BCUT2D eigenvalue weighted by Crippen LogP contribution is -2.27. The van der Waals surface area contributed by atoms with E-state index < -0.39 is 0 Å². The van der Waals surface area contributed by atoms with Gasteiger partial charge >= 0.3 is 6.01 Å². The van der Waals surface area contributed by atoms with Crippen molar-refractivity contribution in [2.75, 3.05) is 30.4 Å². The fourth-order valence-corrected chi connectivity index (χ4v) is 4.24. The van der Waals surface area contributed by atoms with Gasteiger partial charge in [0.25, 0.3) is 0 Å². The van der Waals surface area contributed by atoms with Crippen molar-refractivity contribution in [3.05, 3.63) is 36.2 Å². The number of rotatable bonds is 5. The van der Waals surface area contributed by atoms with E-state index in [-0.39, 0.29) is 24.4 Å². The minimum absolute atomic E-state index is 0.146. The summed E-state index contributed by atoms with van der Waals surface area (Å²) in [5.41, 5.74) is 13.7. The molecule has 0 spiro atoms. The molecular weight excluding hydrogens is 425 g/mol. The Kier molecular flexibility index (Phi) is 5.65. The van der Waals surface area contributed by atoms with E-state index >= 15 is 0 Å². The number of aromatic amines is 1. The first kappa shape index (κ1) is 21.3. The number of hydrogen-bond donors (Lipinski definition) is 4. The molecule has 0 bridgehead atoms. The van der Waals surface area contributed by atoms with Crippen LogP contribution in [0, 0.1) is 5.82 Å². The normalized spacial score (nSPS) is 16.8. The molecule has 0 radical (unpaired) electrons. The number of hydrogen-bond acceptors (Lipinski definition) is 9. The summed E-state index contributed by atoms with van der Waals surface area (Å²) in [6.07, 6.45) is 5.80. The third-order valence-electron chi connectivity index (χ3n) is 5.90. The Morgan fingerprint density at radius 1 is 1.21 bits per heavy atom. The van der Waals surface area contributed by atoms with Crippen LogP contribution >= 0.6 is 0 Å². The molecule has 4 heterocycles. The lowest BCUT2D eigenvalue weighted by molar-refractivity contribution is 0.438. The van der Waals surface area contributed by atoms with E-state index in [1.54, 1.807) is 7.05 Å². The predicted molar refractivity (Wildman–Crippen MR) is 125 cm³/mol. The first-order chi connectivity index (χ1) is 16.1. The number of nitrogens with zero attached hydrogens (tertiary/aromatic N) is 5. The van der Waals surface area contributed by atoms with Gasteiger partial charge in [-0.3, -0.25) is 0 Å². The van der Waals surface area contributed by atoms with Crippen molar-refractivity contribution in [2.24, 2.45) is 11.5 Å². The second-order valence-electron chi connectivity index (χ2n) is 8.12. The highest BCUT2D eigenvalue weighted by Gasteiger charge is 2.23. The largest absolute Gasteiger partial charge is 0.421 e. The quantitative estimate of drug-likeness (QED) is 0.360. The summed E-state index contributed by atoms with van der Waals surface area (Å²) in [5, 5.41) is 4.50.